The number of carbonyl (C=O) groups excluding carboxylic acids is 1. The highest BCUT2D eigenvalue weighted by Crippen LogP contribution is 2.23. The average molecular weight is 401 g/mol. The molecule has 0 saturated carbocycles. The Morgan fingerprint density at radius 3 is 2.45 bits per heavy atom. The minimum Gasteiger partial charge on any atom is -0.479 e. The number of hydrogen-bond donors (Lipinski definition) is 2. The Morgan fingerprint density at radius 1 is 1.30 bits per heavy atom. The SMILES string of the molecule is CC(NC(=O)c1csc(I)c1)(C(=O)O)c1ccccc1. The molecule has 0 fully saturated rings. The molecule has 1 heterocycles. The van der Waals surface area contributed by atoms with Crippen LogP contribution in [0.15, 0.2) is 41.8 Å². The number of aliphatic carboxylic acids is 1. The summed E-state index contributed by atoms with van der Waals surface area (Å²) in [6.45, 7) is 1.49. The molecule has 4 nitrogen and oxygen atoms in total. The third-order valence-corrected chi connectivity index (χ3v) is 4.76. The molecule has 0 aliphatic rings. The average Bonchev–Trinajstić information content (AvgIpc) is 2.86. The predicted molar refractivity (Wildman–Crippen MR) is 85.9 cm³/mol. The van der Waals surface area contributed by atoms with Crippen molar-refractivity contribution in [3.63, 3.8) is 0 Å². The highest BCUT2D eigenvalue weighted by atomic mass is 127. The monoisotopic (exact) mass is 401 g/mol. The normalized spacial score (nSPS) is 13.5. The third-order valence-electron chi connectivity index (χ3n) is 2.97. The Morgan fingerprint density at radius 2 is 1.95 bits per heavy atom. The summed E-state index contributed by atoms with van der Waals surface area (Å²) in [7, 11) is 0. The van der Waals surface area contributed by atoms with E-state index in [4.69, 9.17) is 0 Å². The first kappa shape index (κ1) is 15.0. The van der Waals surface area contributed by atoms with Crippen LogP contribution in [0.2, 0.25) is 0 Å². The molecule has 0 aliphatic carbocycles. The zero-order valence-corrected chi connectivity index (χ0v) is 13.6. The zero-order valence-electron chi connectivity index (χ0n) is 10.6. The number of halogens is 1. The molecule has 0 spiro atoms. The van der Waals surface area contributed by atoms with Crippen molar-refractivity contribution in [1.29, 1.82) is 0 Å². The summed E-state index contributed by atoms with van der Waals surface area (Å²) in [5, 5.41) is 13.8. The molecular weight excluding hydrogens is 389 g/mol. The van der Waals surface area contributed by atoms with E-state index in [0.717, 1.165) is 2.88 Å². The number of nitrogens with one attached hydrogen (secondary N) is 1. The number of amides is 1. The van der Waals surface area contributed by atoms with Crippen LogP contribution in [0.4, 0.5) is 0 Å². The lowest BCUT2D eigenvalue weighted by Crippen LogP contribution is -2.49. The third kappa shape index (κ3) is 3.01. The molecular formula is C14H12INO3S. The molecule has 1 amide bonds. The summed E-state index contributed by atoms with van der Waals surface area (Å²) in [6, 6.07) is 10.4. The minimum absolute atomic E-state index is 0.391. The summed E-state index contributed by atoms with van der Waals surface area (Å²) in [6.07, 6.45) is 0. The quantitative estimate of drug-likeness (QED) is 0.774. The maximum Gasteiger partial charge on any atom is 0.333 e. The first-order valence-electron chi connectivity index (χ1n) is 5.79. The van der Waals surface area contributed by atoms with E-state index in [9.17, 15) is 14.7 Å². The molecule has 2 N–H and O–H groups in total. The zero-order chi connectivity index (χ0) is 14.8. The van der Waals surface area contributed by atoms with E-state index >= 15 is 0 Å². The summed E-state index contributed by atoms with van der Waals surface area (Å²) in [5.41, 5.74) is -0.445. The largest absolute Gasteiger partial charge is 0.479 e. The van der Waals surface area contributed by atoms with Gasteiger partial charge in [-0.15, -0.1) is 11.3 Å². The first-order chi connectivity index (χ1) is 9.43. The van der Waals surface area contributed by atoms with Crippen LogP contribution in [0.5, 0.6) is 0 Å². The van der Waals surface area contributed by atoms with Crippen molar-refractivity contribution in [3.8, 4) is 0 Å². The molecule has 0 aliphatic heterocycles. The molecule has 0 radical (unpaired) electrons. The minimum atomic E-state index is -1.45. The topological polar surface area (TPSA) is 66.4 Å². The van der Waals surface area contributed by atoms with E-state index in [2.05, 4.69) is 27.9 Å². The van der Waals surface area contributed by atoms with Crippen molar-refractivity contribution in [3.05, 3.63) is 55.8 Å². The second kappa shape index (κ2) is 5.92. The Bertz CT molecular complexity index is 641. The number of carboxylic acid groups (broad SMARTS) is 1. The van der Waals surface area contributed by atoms with Gasteiger partial charge in [-0.05, 0) is 41.1 Å². The van der Waals surface area contributed by atoms with E-state index in [-0.39, 0.29) is 0 Å². The van der Waals surface area contributed by atoms with Gasteiger partial charge in [0, 0.05) is 5.38 Å². The number of carbonyl (C=O) groups is 2. The van der Waals surface area contributed by atoms with E-state index in [1.54, 1.807) is 41.8 Å². The van der Waals surface area contributed by atoms with E-state index in [1.807, 2.05) is 0 Å². The lowest BCUT2D eigenvalue weighted by atomic mass is 9.92. The summed E-state index contributed by atoms with van der Waals surface area (Å²) in [5.74, 6) is -1.49. The molecule has 2 aromatic rings. The first-order valence-corrected chi connectivity index (χ1v) is 7.75. The number of hydrogen-bond acceptors (Lipinski definition) is 3. The van der Waals surface area contributed by atoms with Crippen LogP contribution in [-0.4, -0.2) is 17.0 Å². The van der Waals surface area contributed by atoms with E-state index in [1.165, 1.54) is 18.3 Å². The Hall–Kier alpha value is -1.41. The molecule has 0 saturated heterocycles. The van der Waals surface area contributed by atoms with Gasteiger partial charge in [0.25, 0.3) is 5.91 Å². The summed E-state index contributed by atoms with van der Waals surface area (Å²) in [4.78, 5) is 23.8. The maximum absolute atomic E-state index is 12.2. The fourth-order valence-electron chi connectivity index (χ4n) is 1.75. The second-order valence-electron chi connectivity index (χ2n) is 4.39. The number of rotatable bonds is 4. The van der Waals surface area contributed by atoms with Gasteiger partial charge in [0.15, 0.2) is 5.54 Å². The van der Waals surface area contributed by atoms with Crippen molar-refractivity contribution in [2.45, 2.75) is 12.5 Å². The van der Waals surface area contributed by atoms with Crippen molar-refractivity contribution in [2.24, 2.45) is 0 Å². The molecule has 2 rings (SSSR count). The van der Waals surface area contributed by atoms with Crippen molar-refractivity contribution in [1.82, 2.24) is 5.32 Å². The Labute approximate surface area is 134 Å². The van der Waals surface area contributed by atoms with Gasteiger partial charge in [-0.2, -0.15) is 0 Å². The number of thiophene rings is 1. The van der Waals surface area contributed by atoms with Crippen LogP contribution >= 0.6 is 33.9 Å². The van der Waals surface area contributed by atoms with Gasteiger partial charge < -0.3 is 10.4 Å². The van der Waals surface area contributed by atoms with Gasteiger partial charge in [-0.3, -0.25) is 4.79 Å². The van der Waals surface area contributed by atoms with Gasteiger partial charge in [0.05, 0.1) is 8.45 Å². The van der Waals surface area contributed by atoms with Crippen LogP contribution in [0.1, 0.15) is 22.8 Å². The lowest BCUT2D eigenvalue weighted by molar-refractivity contribution is -0.144. The molecule has 0 bridgehead atoms. The van der Waals surface area contributed by atoms with Crippen LogP contribution in [0.3, 0.4) is 0 Å². The van der Waals surface area contributed by atoms with E-state index in [0.29, 0.717) is 11.1 Å². The fraction of sp³-hybridized carbons (Fsp3) is 0.143. The van der Waals surface area contributed by atoms with E-state index < -0.39 is 17.4 Å². The van der Waals surface area contributed by atoms with Crippen LogP contribution in [-0.2, 0) is 10.3 Å². The highest BCUT2D eigenvalue weighted by molar-refractivity contribution is 14.1. The standard InChI is InChI=1S/C14H12INO3S/c1-14(13(18)19,10-5-3-2-4-6-10)16-12(17)9-7-11(15)20-8-9/h2-8H,1H3,(H,16,17)(H,18,19). The molecule has 1 unspecified atom stereocenters. The molecule has 20 heavy (non-hydrogen) atoms. The molecule has 1 aromatic heterocycles. The van der Waals surface area contributed by atoms with Crippen LogP contribution in [0.25, 0.3) is 0 Å². The van der Waals surface area contributed by atoms with Crippen molar-refractivity contribution < 1.29 is 14.7 Å². The molecule has 6 heteroatoms. The molecule has 1 aromatic carbocycles. The Kier molecular flexibility index (Phi) is 4.44. The van der Waals surface area contributed by atoms with Crippen LogP contribution < -0.4 is 5.32 Å². The highest BCUT2D eigenvalue weighted by Gasteiger charge is 2.37. The smallest absolute Gasteiger partial charge is 0.333 e. The van der Waals surface area contributed by atoms with Gasteiger partial charge in [0.2, 0.25) is 0 Å². The number of carboxylic acids is 1. The van der Waals surface area contributed by atoms with Gasteiger partial charge >= 0.3 is 5.97 Å². The van der Waals surface area contributed by atoms with Crippen molar-refractivity contribution >= 4 is 45.8 Å². The fourth-order valence-corrected chi connectivity index (χ4v) is 3.08. The molecule has 1 atom stereocenters. The summed E-state index contributed by atoms with van der Waals surface area (Å²) >= 11 is 3.56. The van der Waals surface area contributed by atoms with Crippen LogP contribution in [0, 0.1) is 2.88 Å². The second-order valence-corrected chi connectivity index (χ2v) is 7.20. The summed E-state index contributed by atoms with van der Waals surface area (Å²) < 4.78 is 0.976. The van der Waals surface area contributed by atoms with Gasteiger partial charge in [0.1, 0.15) is 0 Å². The van der Waals surface area contributed by atoms with Gasteiger partial charge in [-0.1, -0.05) is 30.3 Å². The predicted octanol–water partition coefficient (Wildman–Crippen LogP) is 3.08. The Balaban J connectivity index is 2.31. The van der Waals surface area contributed by atoms with Gasteiger partial charge in [-0.25, -0.2) is 4.79 Å². The number of benzene rings is 1. The maximum atomic E-state index is 12.2. The molecule has 104 valence electrons. The van der Waals surface area contributed by atoms with Crippen molar-refractivity contribution in [2.75, 3.05) is 0 Å². The lowest BCUT2D eigenvalue weighted by Gasteiger charge is -2.26.